The first-order valence-corrected chi connectivity index (χ1v) is 9.32. The van der Waals surface area contributed by atoms with Crippen LogP contribution in [0, 0.1) is 0 Å². The molecule has 3 rings (SSSR count). The summed E-state index contributed by atoms with van der Waals surface area (Å²) in [6.45, 7) is 0. The van der Waals surface area contributed by atoms with Crippen molar-refractivity contribution in [2.45, 2.75) is 5.16 Å². The van der Waals surface area contributed by atoms with Gasteiger partial charge in [0.05, 0.1) is 44.3 Å². The molecule has 28 heavy (non-hydrogen) atoms. The largest absolute Gasteiger partial charge is 0.496 e. The Bertz CT molecular complexity index is 970. The molecule has 0 unspecified atom stereocenters. The number of aromatic nitrogens is 2. The molecule has 0 saturated heterocycles. The Morgan fingerprint density at radius 2 is 1.86 bits per heavy atom. The summed E-state index contributed by atoms with van der Waals surface area (Å²) in [7, 11) is 4.63. The molecule has 0 atom stereocenters. The molecular formula is C19H20N4O4S. The highest BCUT2D eigenvalue weighted by Gasteiger charge is 2.11. The lowest BCUT2D eigenvalue weighted by Crippen LogP contribution is -2.19. The molecule has 1 heterocycles. The van der Waals surface area contributed by atoms with Gasteiger partial charge in [-0.25, -0.2) is 10.4 Å². The summed E-state index contributed by atoms with van der Waals surface area (Å²) in [6, 6.07) is 11.1. The summed E-state index contributed by atoms with van der Waals surface area (Å²) in [6.07, 6.45) is 1.49. The van der Waals surface area contributed by atoms with Crippen LogP contribution in [0.4, 0.5) is 0 Å². The van der Waals surface area contributed by atoms with Crippen LogP contribution in [0.25, 0.3) is 11.0 Å². The number of methoxy groups -OCH3 is 3. The second kappa shape index (κ2) is 9.14. The van der Waals surface area contributed by atoms with Crippen molar-refractivity contribution in [3.63, 3.8) is 0 Å². The van der Waals surface area contributed by atoms with Gasteiger partial charge in [-0.1, -0.05) is 23.9 Å². The molecule has 0 bridgehead atoms. The number of carbonyl (C=O) groups excluding carboxylic acids is 1. The number of thioether (sulfide) groups is 1. The lowest BCUT2D eigenvalue weighted by atomic mass is 10.2. The number of rotatable bonds is 8. The smallest absolute Gasteiger partial charge is 0.250 e. The highest BCUT2D eigenvalue weighted by molar-refractivity contribution is 7.99. The minimum atomic E-state index is -0.249. The molecule has 0 aliphatic rings. The number of nitrogens with zero attached hydrogens (tertiary/aromatic N) is 2. The fraction of sp³-hybridized carbons (Fsp3) is 0.211. The number of hydrogen-bond donors (Lipinski definition) is 2. The summed E-state index contributed by atoms with van der Waals surface area (Å²) in [5.41, 5.74) is 4.94. The third-order valence-corrected chi connectivity index (χ3v) is 4.71. The summed E-state index contributed by atoms with van der Waals surface area (Å²) in [4.78, 5) is 19.6. The Morgan fingerprint density at radius 3 is 2.57 bits per heavy atom. The number of para-hydroxylation sites is 2. The third kappa shape index (κ3) is 4.55. The Labute approximate surface area is 166 Å². The van der Waals surface area contributed by atoms with Crippen LogP contribution >= 0.6 is 11.8 Å². The second-order valence-electron chi connectivity index (χ2n) is 5.59. The van der Waals surface area contributed by atoms with Crippen molar-refractivity contribution in [1.82, 2.24) is 15.4 Å². The van der Waals surface area contributed by atoms with E-state index in [2.05, 4.69) is 20.5 Å². The number of ether oxygens (including phenoxy) is 3. The van der Waals surface area contributed by atoms with Gasteiger partial charge in [-0.2, -0.15) is 5.10 Å². The zero-order chi connectivity index (χ0) is 19.9. The van der Waals surface area contributed by atoms with Gasteiger partial charge < -0.3 is 19.2 Å². The van der Waals surface area contributed by atoms with Gasteiger partial charge in [0.1, 0.15) is 5.75 Å². The summed E-state index contributed by atoms with van der Waals surface area (Å²) >= 11 is 1.31. The zero-order valence-electron chi connectivity index (χ0n) is 15.7. The van der Waals surface area contributed by atoms with E-state index in [1.165, 1.54) is 18.0 Å². The number of benzene rings is 2. The van der Waals surface area contributed by atoms with Gasteiger partial charge in [-0.3, -0.25) is 4.79 Å². The van der Waals surface area contributed by atoms with Crippen LogP contribution < -0.4 is 19.6 Å². The van der Waals surface area contributed by atoms with Crippen LogP contribution in [0.15, 0.2) is 46.7 Å². The Hall–Kier alpha value is -3.20. The number of hydrogen-bond acceptors (Lipinski definition) is 7. The number of fused-ring (bicyclic) bond motifs is 1. The predicted octanol–water partition coefficient (Wildman–Crippen LogP) is 2.83. The van der Waals surface area contributed by atoms with Gasteiger partial charge in [0.15, 0.2) is 16.7 Å². The highest BCUT2D eigenvalue weighted by atomic mass is 32.2. The number of amides is 1. The second-order valence-corrected chi connectivity index (χ2v) is 6.55. The SMILES string of the molecule is COc1cc(OC)c(OC)cc1/C=N/NC(=O)CSc1nc2ccccc2[nH]1. The van der Waals surface area contributed by atoms with Crippen molar-refractivity contribution < 1.29 is 19.0 Å². The molecule has 3 aromatic rings. The first kappa shape index (κ1) is 19.6. The van der Waals surface area contributed by atoms with Crippen LogP contribution in [-0.2, 0) is 4.79 Å². The minimum Gasteiger partial charge on any atom is -0.496 e. The highest BCUT2D eigenvalue weighted by Crippen LogP contribution is 2.33. The molecule has 1 aromatic heterocycles. The van der Waals surface area contributed by atoms with Crippen molar-refractivity contribution in [3.8, 4) is 17.2 Å². The summed E-state index contributed by atoms with van der Waals surface area (Å²) < 4.78 is 15.8. The van der Waals surface area contributed by atoms with Crippen LogP contribution in [-0.4, -0.2) is 49.2 Å². The van der Waals surface area contributed by atoms with Gasteiger partial charge in [0, 0.05) is 11.6 Å². The molecule has 0 spiro atoms. The molecule has 0 radical (unpaired) electrons. The maximum atomic E-state index is 12.0. The molecule has 0 fully saturated rings. The molecule has 0 saturated carbocycles. The molecular weight excluding hydrogens is 380 g/mol. The number of imidazole rings is 1. The monoisotopic (exact) mass is 400 g/mol. The van der Waals surface area contributed by atoms with E-state index >= 15 is 0 Å². The molecule has 2 aromatic carbocycles. The number of hydrazone groups is 1. The van der Waals surface area contributed by atoms with Gasteiger partial charge in [-0.05, 0) is 18.2 Å². The van der Waals surface area contributed by atoms with Crippen molar-refractivity contribution >= 4 is 34.9 Å². The molecule has 146 valence electrons. The van der Waals surface area contributed by atoms with E-state index in [0.717, 1.165) is 11.0 Å². The van der Waals surface area contributed by atoms with E-state index in [4.69, 9.17) is 14.2 Å². The maximum Gasteiger partial charge on any atom is 0.250 e. The lowest BCUT2D eigenvalue weighted by Gasteiger charge is -2.11. The van der Waals surface area contributed by atoms with Gasteiger partial charge in [0.25, 0.3) is 5.91 Å². The minimum absolute atomic E-state index is 0.181. The normalized spacial score (nSPS) is 11.0. The van der Waals surface area contributed by atoms with Crippen LogP contribution in [0.5, 0.6) is 17.2 Å². The van der Waals surface area contributed by atoms with Gasteiger partial charge in [-0.15, -0.1) is 0 Å². The first-order valence-electron chi connectivity index (χ1n) is 8.34. The van der Waals surface area contributed by atoms with Crippen molar-refractivity contribution in [3.05, 3.63) is 42.0 Å². The number of aromatic amines is 1. The maximum absolute atomic E-state index is 12.0. The quantitative estimate of drug-likeness (QED) is 0.343. The van der Waals surface area contributed by atoms with E-state index in [9.17, 15) is 4.79 Å². The number of carbonyl (C=O) groups is 1. The van der Waals surface area contributed by atoms with E-state index < -0.39 is 0 Å². The standard InChI is InChI=1S/C19H20N4O4S/c1-25-15-9-17(27-3)16(26-2)8-12(15)10-20-23-18(24)11-28-19-21-13-6-4-5-7-14(13)22-19/h4-10H,11H2,1-3H3,(H,21,22)(H,23,24)/b20-10+. The van der Waals surface area contributed by atoms with Crippen molar-refractivity contribution in [1.29, 1.82) is 0 Å². The first-order chi connectivity index (χ1) is 13.6. The topological polar surface area (TPSA) is 97.8 Å². The molecule has 2 N–H and O–H groups in total. The van der Waals surface area contributed by atoms with E-state index in [0.29, 0.717) is 28.0 Å². The zero-order valence-corrected chi connectivity index (χ0v) is 16.5. The fourth-order valence-corrected chi connectivity index (χ4v) is 3.17. The van der Waals surface area contributed by atoms with E-state index in [1.54, 1.807) is 33.5 Å². The van der Waals surface area contributed by atoms with Crippen molar-refractivity contribution in [2.24, 2.45) is 5.10 Å². The van der Waals surface area contributed by atoms with Crippen LogP contribution in [0.1, 0.15) is 5.56 Å². The number of nitrogens with one attached hydrogen (secondary N) is 2. The average Bonchev–Trinajstić information content (AvgIpc) is 3.14. The van der Waals surface area contributed by atoms with E-state index in [-0.39, 0.29) is 11.7 Å². The summed E-state index contributed by atoms with van der Waals surface area (Å²) in [5, 5.41) is 4.67. The Morgan fingerprint density at radius 1 is 1.14 bits per heavy atom. The number of H-pyrrole nitrogens is 1. The Balaban J connectivity index is 1.60. The lowest BCUT2D eigenvalue weighted by molar-refractivity contribution is -0.118. The van der Waals surface area contributed by atoms with Crippen LogP contribution in [0.2, 0.25) is 0 Å². The molecule has 0 aliphatic heterocycles. The summed E-state index contributed by atoms with van der Waals surface area (Å²) in [5.74, 6) is 1.56. The molecule has 8 nitrogen and oxygen atoms in total. The van der Waals surface area contributed by atoms with Crippen molar-refractivity contribution in [2.75, 3.05) is 27.1 Å². The molecule has 9 heteroatoms. The average molecular weight is 400 g/mol. The van der Waals surface area contributed by atoms with Crippen LogP contribution in [0.3, 0.4) is 0 Å². The predicted molar refractivity (Wildman–Crippen MR) is 109 cm³/mol. The third-order valence-electron chi connectivity index (χ3n) is 3.84. The van der Waals surface area contributed by atoms with Gasteiger partial charge >= 0.3 is 0 Å². The van der Waals surface area contributed by atoms with E-state index in [1.807, 2.05) is 24.3 Å². The fourth-order valence-electron chi connectivity index (χ4n) is 2.49. The molecule has 1 amide bonds. The van der Waals surface area contributed by atoms with Gasteiger partial charge in [0.2, 0.25) is 0 Å². The Kier molecular flexibility index (Phi) is 6.38. The molecule has 0 aliphatic carbocycles.